The Balaban J connectivity index is 1.97. The predicted octanol–water partition coefficient (Wildman–Crippen LogP) is 1.57. The summed E-state index contributed by atoms with van der Waals surface area (Å²) in [4.78, 5) is 27.5. The molecule has 1 aromatic rings. The summed E-state index contributed by atoms with van der Waals surface area (Å²) in [5.41, 5.74) is -0.953. The molecule has 21 heavy (non-hydrogen) atoms. The molecule has 0 atom stereocenters. The maximum Gasteiger partial charge on any atom is 0.337 e. The van der Waals surface area contributed by atoms with Crippen LogP contribution in [0, 0.1) is 5.41 Å². The van der Waals surface area contributed by atoms with E-state index in [1.54, 1.807) is 6.92 Å². The first-order chi connectivity index (χ1) is 10.1. The molecule has 0 unspecified atom stereocenters. The van der Waals surface area contributed by atoms with Crippen LogP contribution in [0.1, 0.15) is 45.4 Å². The summed E-state index contributed by atoms with van der Waals surface area (Å²) in [7, 11) is 0. The number of aromatic amines is 1. The molecule has 1 fully saturated rings. The Kier molecular flexibility index (Phi) is 4.77. The van der Waals surface area contributed by atoms with Gasteiger partial charge in [-0.15, -0.1) is 5.10 Å². The van der Waals surface area contributed by atoms with Crippen LogP contribution < -0.4 is 10.1 Å². The van der Waals surface area contributed by atoms with Crippen molar-refractivity contribution in [2.24, 2.45) is 5.41 Å². The molecule has 8 nitrogen and oxygen atoms in total. The number of amides is 1. The zero-order chi connectivity index (χ0) is 15.3. The quantitative estimate of drug-likeness (QED) is 0.733. The topological polar surface area (TPSA) is 117 Å². The van der Waals surface area contributed by atoms with Gasteiger partial charge in [0.2, 0.25) is 11.9 Å². The van der Waals surface area contributed by atoms with E-state index in [1.165, 1.54) is 0 Å². The Morgan fingerprint density at radius 2 is 2.10 bits per heavy atom. The molecule has 1 heterocycles. The molecule has 0 bridgehead atoms. The van der Waals surface area contributed by atoms with Crippen LogP contribution in [0.3, 0.4) is 0 Å². The highest BCUT2D eigenvalue weighted by molar-refractivity contribution is 5.93. The number of nitrogens with zero attached hydrogens (tertiary/aromatic N) is 2. The van der Waals surface area contributed by atoms with Gasteiger partial charge in [0.05, 0.1) is 12.0 Å². The molecule has 0 radical (unpaired) electrons. The van der Waals surface area contributed by atoms with Crippen LogP contribution in [0.4, 0.5) is 5.95 Å². The van der Waals surface area contributed by atoms with E-state index in [4.69, 9.17) is 4.74 Å². The van der Waals surface area contributed by atoms with Gasteiger partial charge in [-0.3, -0.25) is 14.9 Å². The highest BCUT2D eigenvalue weighted by Crippen LogP contribution is 2.39. The second-order valence-corrected chi connectivity index (χ2v) is 5.27. The molecule has 0 aromatic carbocycles. The van der Waals surface area contributed by atoms with E-state index in [-0.39, 0.29) is 24.3 Å². The standard InChI is InChI=1S/C13H20N4O4/c1-2-21-12-15-11(16-17-12)14-9(18)8-13(10(19)20)6-4-3-5-7-13/h2-8H2,1H3,(H,19,20)(H2,14,15,16,17,18). The molecule has 8 heteroatoms. The molecule has 1 aliphatic carbocycles. The molecule has 1 saturated carbocycles. The minimum atomic E-state index is -0.953. The molecular weight excluding hydrogens is 276 g/mol. The van der Waals surface area contributed by atoms with Crippen molar-refractivity contribution < 1.29 is 19.4 Å². The zero-order valence-corrected chi connectivity index (χ0v) is 12.0. The van der Waals surface area contributed by atoms with Gasteiger partial charge in [-0.1, -0.05) is 19.3 Å². The van der Waals surface area contributed by atoms with Crippen LogP contribution in [0.25, 0.3) is 0 Å². The van der Waals surface area contributed by atoms with Crippen molar-refractivity contribution in [3.8, 4) is 6.01 Å². The average molecular weight is 296 g/mol. The first-order valence-corrected chi connectivity index (χ1v) is 7.14. The number of H-pyrrole nitrogens is 1. The van der Waals surface area contributed by atoms with Crippen LogP contribution >= 0.6 is 0 Å². The van der Waals surface area contributed by atoms with Crippen LogP contribution in [0.5, 0.6) is 6.01 Å². The van der Waals surface area contributed by atoms with Crippen molar-refractivity contribution in [2.75, 3.05) is 11.9 Å². The van der Waals surface area contributed by atoms with Gasteiger partial charge in [-0.25, -0.2) is 5.10 Å². The number of carbonyl (C=O) groups excluding carboxylic acids is 1. The SMILES string of the molecule is CCOc1n[nH]c(NC(=O)CC2(C(=O)O)CCCCC2)n1. The summed E-state index contributed by atoms with van der Waals surface area (Å²) < 4.78 is 5.08. The third-order valence-corrected chi connectivity index (χ3v) is 3.76. The summed E-state index contributed by atoms with van der Waals surface area (Å²) >= 11 is 0. The second-order valence-electron chi connectivity index (χ2n) is 5.27. The summed E-state index contributed by atoms with van der Waals surface area (Å²) in [6.07, 6.45) is 3.74. The number of ether oxygens (including phenoxy) is 1. The van der Waals surface area contributed by atoms with Gasteiger partial charge in [0.1, 0.15) is 0 Å². The molecule has 0 saturated heterocycles. The smallest absolute Gasteiger partial charge is 0.337 e. The Hall–Kier alpha value is -2.12. The Bertz CT molecular complexity index is 508. The number of carboxylic acids is 1. The maximum absolute atomic E-state index is 12.1. The van der Waals surface area contributed by atoms with Gasteiger partial charge < -0.3 is 9.84 Å². The van der Waals surface area contributed by atoms with Crippen molar-refractivity contribution in [1.29, 1.82) is 0 Å². The number of carboxylic acid groups (broad SMARTS) is 1. The van der Waals surface area contributed by atoms with E-state index in [2.05, 4.69) is 20.5 Å². The Morgan fingerprint density at radius 3 is 2.71 bits per heavy atom. The van der Waals surface area contributed by atoms with E-state index >= 15 is 0 Å². The first-order valence-electron chi connectivity index (χ1n) is 7.14. The van der Waals surface area contributed by atoms with Gasteiger partial charge in [-0.2, -0.15) is 4.98 Å². The molecule has 1 aromatic heterocycles. The normalized spacial score (nSPS) is 17.2. The highest BCUT2D eigenvalue weighted by atomic mass is 16.5. The van der Waals surface area contributed by atoms with Gasteiger partial charge in [0.15, 0.2) is 0 Å². The van der Waals surface area contributed by atoms with Crippen LogP contribution in [-0.2, 0) is 9.59 Å². The number of aliphatic carboxylic acids is 1. The second kappa shape index (κ2) is 6.55. The fraction of sp³-hybridized carbons (Fsp3) is 0.692. The van der Waals surface area contributed by atoms with Crippen molar-refractivity contribution >= 4 is 17.8 Å². The number of hydrogen-bond donors (Lipinski definition) is 3. The zero-order valence-electron chi connectivity index (χ0n) is 12.0. The third-order valence-electron chi connectivity index (χ3n) is 3.76. The molecule has 0 spiro atoms. The minimum absolute atomic E-state index is 0.0486. The van der Waals surface area contributed by atoms with Gasteiger partial charge in [0, 0.05) is 6.42 Å². The number of rotatable bonds is 6. The molecule has 0 aliphatic heterocycles. The number of hydrogen-bond acceptors (Lipinski definition) is 5. The van der Waals surface area contributed by atoms with E-state index in [0.29, 0.717) is 19.4 Å². The lowest BCUT2D eigenvalue weighted by atomic mass is 9.71. The van der Waals surface area contributed by atoms with Crippen molar-refractivity contribution in [2.45, 2.75) is 45.4 Å². The van der Waals surface area contributed by atoms with Gasteiger partial charge in [0.25, 0.3) is 0 Å². The highest BCUT2D eigenvalue weighted by Gasteiger charge is 2.41. The van der Waals surface area contributed by atoms with Gasteiger partial charge in [-0.05, 0) is 19.8 Å². The number of nitrogens with one attached hydrogen (secondary N) is 2. The number of aromatic nitrogens is 3. The number of carbonyl (C=O) groups is 2. The summed E-state index contributed by atoms with van der Waals surface area (Å²) in [6, 6.07) is 0.151. The van der Waals surface area contributed by atoms with E-state index in [1.807, 2.05) is 0 Å². The molecule has 1 amide bonds. The maximum atomic E-state index is 12.1. The monoisotopic (exact) mass is 296 g/mol. The van der Waals surface area contributed by atoms with Gasteiger partial charge >= 0.3 is 12.0 Å². The van der Waals surface area contributed by atoms with E-state index < -0.39 is 11.4 Å². The van der Waals surface area contributed by atoms with Crippen LogP contribution in [-0.4, -0.2) is 38.8 Å². The van der Waals surface area contributed by atoms with Crippen molar-refractivity contribution in [3.63, 3.8) is 0 Å². The van der Waals surface area contributed by atoms with E-state index in [9.17, 15) is 14.7 Å². The van der Waals surface area contributed by atoms with Crippen LogP contribution in [0.2, 0.25) is 0 Å². The lowest BCUT2D eigenvalue weighted by Crippen LogP contribution is -2.37. The average Bonchev–Trinajstić information content (AvgIpc) is 2.87. The van der Waals surface area contributed by atoms with Crippen LogP contribution in [0.15, 0.2) is 0 Å². The lowest BCUT2D eigenvalue weighted by Gasteiger charge is -2.32. The molecule has 3 N–H and O–H groups in total. The predicted molar refractivity (Wildman–Crippen MR) is 74.0 cm³/mol. The first kappa shape index (κ1) is 15.3. The largest absolute Gasteiger partial charge is 0.481 e. The summed E-state index contributed by atoms with van der Waals surface area (Å²) in [5, 5.41) is 18.3. The van der Waals surface area contributed by atoms with Crippen molar-refractivity contribution in [3.05, 3.63) is 0 Å². The third kappa shape index (κ3) is 3.71. The summed E-state index contributed by atoms with van der Waals surface area (Å²) in [6.45, 7) is 2.22. The number of anilines is 1. The molecule has 1 aliphatic rings. The summed E-state index contributed by atoms with van der Waals surface area (Å²) in [5.74, 6) is -1.11. The fourth-order valence-electron chi connectivity index (χ4n) is 2.67. The fourth-order valence-corrected chi connectivity index (χ4v) is 2.67. The molecular formula is C13H20N4O4. The Labute approximate surface area is 122 Å². The molecule has 116 valence electrons. The van der Waals surface area contributed by atoms with E-state index in [0.717, 1.165) is 19.3 Å². The molecule has 2 rings (SSSR count). The van der Waals surface area contributed by atoms with Crippen molar-refractivity contribution in [1.82, 2.24) is 15.2 Å². The Morgan fingerprint density at radius 1 is 1.38 bits per heavy atom. The minimum Gasteiger partial charge on any atom is -0.481 e. The lowest BCUT2D eigenvalue weighted by molar-refractivity contribution is -0.153.